The molecule has 2 heteroatoms. The molecule has 0 atom stereocenters. The van der Waals surface area contributed by atoms with E-state index in [4.69, 9.17) is 1.37 Å². The van der Waals surface area contributed by atoms with Gasteiger partial charge in [0.15, 0.2) is 5.78 Å². The van der Waals surface area contributed by atoms with Gasteiger partial charge in [0.1, 0.15) is 0 Å². The highest BCUT2D eigenvalue weighted by atomic mass is 79.9. The molecule has 1 aromatic rings. The monoisotopic (exact) mass is 213 g/mol. The summed E-state index contributed by atoms with van der Waals surface area (Å²) >= 11 is 3.07. The van der Waals surface area contributed by atoms with E-state index in [0.29, 0.717) is 11.6 Å². The number of carbonyl (C=O) groups excluding carboxylic acids is 1. The third-order valence-electron chi connectivity index (χ3n) is 1.39. The van der Waals surface area contributed by atoms with E-state index in [1.807, 2.05) is 13.0 Å². The molecule has 1 aromatic carbocycles. The number of rotatable bonds is 2. The minimum atomic E-state index is -0.0417. The van der Waals surface area contributed by atoms with Crippen LogP contribution >= 0.6 is 15.9 Å². The Morgan fingerprint density at radius 3 is 2.91 bits per heavy atom. The maximum Gasteiger partial charge on any atom is 0.173 e. The molecule has 0 aliphatic heterocycles. The van der Waals surface area contributed by atoms with Gasteiger partial charge in [0.25, 0.3) is 0 Å². The molecule has 0 spiro atoms. The topological polar surface area (TPSA) is 17.1 Å². The van der Waals surface area contributed by atoms with E-state index in [2.05, 4.69) is 15.9 Å². The molecule has 11 heavy (non-hydrogen) atoms. The highest BCUT2D eigenvalue weighted by Crippen LogP contribution is 2.04. The fourth-order valence-electron chi connectivity index (χ4n) is 0.748. The van der Waals surface area contributed by atoms with E-state index in [1.165, 1.54) is 0 Å². The molecule has 0 aliphatic carbocycles. The lowest BCUT2D eigenvalue weighted by atomic mass is 10.1. The van der Waals surface area contributed by atoms with E-state index in [-0.39, 0.29) is 11.1 Å². The first-order chi connectivity index (χ1) is 5.65. The van der Waals surface area contributed by atoms with Gasteiger partial charge in [0, 0.05) is 5.56 Å². The molecule has 0 saturated heterocycles. The second kappa shape index (κ2) is 3.67. The average Bonchev–Trinajstić information content (AvgIpc) is 2.03. The molecule has 58 valence electrons. The van der Waals surface area contributed by atoms with Crippen LogP contribution in [0, 0.1) is 6.92 Å². The fourth-order valence-corrected chi connectivity index (χ4v) is 1.05. The molecule has 0 N–H and O–H groups in total. The van der Waals surface area contributed by atoms with Crippen LogP contribution in [-0.4, -0.2) is 11.1 Å². The predicted molar refractivity (Wildman–Crippen MR) is 49.3 cm³/mol. The lowest BCUT2D eigenvalue weighted by molar-refractivity contribution is 0.102. The Balaban J connectivity index is 3.09. The van der Waals surface area contributed by atoms with Gasteiger partial charge in [0.2, 0.25) is 0 Å². The quantitative estimate of drug-likeness (QED) is 0.546. The van der Waals surface area contributed by atoms with E-state index < -0.39 is 0 Å². The molecule has 1 rings (SSSR count). The van der Waals surface area contributed by atoms with Crippen LogP contribution in [0.25, 0.3) is 0 Å². The first kappa shape index (κ1) is 7.04. The Labute approximate surface area is 76.0 Å². The predicted octanol–water partition coefficient (Wildman–Crippen LogP) is 2.57. The number of Topliss-reactive ketones (excluding diaryl/α,β-unsaturated/α-hetero) is 1. The molecule has 0 unspecified atom stereocenters. The van der Waals surface area contributed by atoms with Gasteiger partial charge < -0.3 is 0 Å². The molecule has 0 bridgehead atoms. The number of alkyl halides is 1. The van der Waals surface area contributed by atoms with Crippen LogP contribution in [0.2, 0.25) is 0 Å². The van der Waals surface area contributed by atoms with Crippen molar-refractivity contribution in [2.45, 2.75) is 6.92 Å². The maximum atomic E-state index is 11.2. The van der Waals surface area contributed by atoms with Crippen LogP contribution in [-0.2, 0) is 0 Å². The Morgan fingerprint density at radius 1 is 1.64 bits per heavy atom. The minimum Gasteiger partial charge on any atom is -0.293 e. The highest BCUT2D eigenvalue weighted by molar-refractivity contribution is 9.09. The summed E-state index contributed by atoms with van der Waals surface area (Å²) in [5.74, 6) is -0.0417. The Bertz CT molecular complexity index is 309. The Kier molecular flexibility index (Phi) is 2.35. The van der Waals surface area contributed by atoms with E-state index >= 15 is 0 Å². The zero-order chi connectivity index (χ0) is 9.14. The Morgan fingerprint density at radius 2 is 2.36 bits per heavy atom. The summed E-state index contributed by atoms with van der Waals surface area (Å²) in [6.45, 7) is 1.90. The Hall–Kier alpha value is -0.630. The van der Waals surface area contributed by atoms with Crippen LogP contribution in [0.4, 0.5) is 0 Å². The number of halogens is 1. The molecule has 0 heterocycles. The molecule has 0 aromatic heterocycles. The summed E-state index contributed by atoms with van der Waals surface area (Å²) in [5, 5.41) is 0.280. The summed E-state index contributed by atoms with van der Waals surface area (Å²) in [7, 11) is 0. The molecule has 0 amide bonds. The minimum absolute atomic E-state index is 0.0417. The van der Waals surface area contributed by atoms with Crippen LogP contribution in [0.1, 0.15) is 17.3 Å². The third-order valence-corrected chi connectivity index (χ3v) is 1.90. The van der Waals surface area contributed by atoms with Gasteiger partial charge in [-0.15, -0.1) is 0 Å². The molecule has 1 nitrogen and oxygen atoms in total. The van der Waals surface area contributed by atoms with Gasteiger partial charge in [-0.05, 0) is 6.92 Å². The summed E-state index contributed by atoms with van der Waals surface area (Å²) < 4.78 is 7.50. The van der Waals surface area contributed by atoms with Crippen LogP contribution in [0.3, 0.4) is 0 Å². The van der Waals surface area contributed by atoms with Crippen molar-refractivity contribution < 1.29 is 6.17 Å². The normalized spacial score (nSPS) is 10.9. The van der Waals surface area contributed by atoms with Crippen LogP contribution < -0.4 is 0 Å². The van der Waals surface area contributed by atoms with E-state index in [9.17, 15) is 4.79 Å². The second-order valence-corrected chi connectivity index (χ2v) is 2.90. The van der Waals surface area contributed by atoms with Gasteiger partial charge in [0.05, 0.1) is 6.70 Å². The van der Waals surface area contributed by atoms with Gasteiger partial charge in [-0.25, -0.2) is 0 Å². The van der Waals surface area contributed by atoms with Gasteiger partial charge in [-0.3, -0.25) is 4.79 Å². The summed E-state index contributed by atoms with van der Waals surface area (Å²) in [4.78, 5) is 11.2. The van der Waals surface area contributed by atoms with Crippen molar-refractivity contribution >= 4 is 21.7 Å². The van der Waals surface area contributed by atoms with Crippen molar-refractivity contribution in [2.24, 2.45) is 0 Å². The first-order valence-electron chi connectivity index (χ1n) is 3.81. The van der Waals surface area contributed by atoms with Gasteiger partial charge in [-0.2, -0.15) is 0 Å². The van der Waals surface area contributed by atoms with Crippen molar-refractivity contribution in [1.82, 2.24) is 0 Å². The zero-order valence-electron chi connectivity index (χ0n) is 7.23. The van der Waals surface area contributed by atoms with Gasteiger partial charge >= 0.3 is 0 Å². The fraction of sp³-hybridized carbons (Fsp3) is 0.222. The van der Waals surface area contributed by atoms with Crippen molar-refractivity contribution in [3.8, 4) is 0 Å². The standard InChI is InChI=1S/C9H9BrO/c1-7-2-4-8(5-3-7)9(11)6-10/h2-5H,6H2,1H3/i4D. The number of benzene rings is 1. The number of ketones is 1. The average molecular weight is 214 g/mol. The number of carbonyl (C=O) groups is 1. The van der Waals surface area contributed by atoms with Crippen molar-refractivity contribution in [2.75, 3.05) is 5.33 Å². The third kappa shape index (κ3) is 2.15. The second-order valence-electron chi connectivity index (χ2n) is 2.34. The molecule has 0 radical (unpaired) electrons. The number of aryl methyl sites for hydroxylation is 1. The zero-order valence-corrected chi connectivity index (χ0v) is 7.81. The number of hydrogen-bond donors (Lipinski definition) is 0. The van der Waals surface area contributed by atoms with Crippen molar-refractivity contribution in [3.63, 3.8) is 0 Å². The smallest absolute Gasteiger partial charge is 0.173 e. The molecular formula is C9H9BrO. The lowest BCUT2D eigenvalue weighted by Gasteiger charge is -1.96. The van der Waals surface area contributed by atoms with Crippen molar-refractivity contribution in [3.05, 3.63) is 35.4 Å². The van der Waals surface area contributed by atoms with Crippen molar-refractivity contribution in [1.29, 1.82) is 0 Å². The summed E-state index contributed by atoms with van der Waals surface area (Å²) in [6, 6.07) is 5.53. The molecule has 0 saturated carbocycles. The van der Waals surface area contributed by atoms with E-state index in [0.717, 1.165) is 5.56 Å². The summed E-state index contributed by atoms with van der Waals surface area (Å²) in [5.41, 5.74) is 1.49. The molecule has 0 aliphatic rings. The molecule has 0 fully saturated rings. The van der Waals surface area contributed by atoms with Gasteiger partial charge in [-0.1, -0.05) is 45.7 Å². The van der Waals surface area contributed by atoms with Crippen LogP contribution in [0.5, 0.6) is 0 Å². The first-order valence-corrected chi connectivity index (χ1v) is 4.43. The highest BCUT2D eigenvalue weighted by Gasteiger charge is 2.00. The summed E-state index contributed by atoms with van der Waals surface area (Å²) in [6.07, 6.45) is 0. The lowest BCUT2D eigenvalue weighted by Crippen LogP contribution is -1.98. The molecular weight excluding hydrogens is 204 g/mol. The SMILES string of the molecule is [2H]c1cc(C)ccc1C(=O)CBr. The van der Waals surface area contributed by atoms with E-state index in [1.54, 1.807) is 12.1 Å². The van der Waals surface area contributed by atoms with Crippen LogP contribution in [0.15, 0.2) is 24.2 Å². The number of hydrogen-bond acceptors (Lipinski definition) is 1. The largest absolute Gasteiger partial charge is 0.293 e. The maximum absolute atomic E-state index is 11.2.